The fourth-order valence-electron chi connectivity index (χ4n) is 3.60. The molecule has 0 spiro atoms. The van der Waals surface area contributed by atoms with Gasteiger partial charge in [-0.05, 0) is 49.7 Å². The zero-order valence-corrected chi connectivity index (χ0v) is 16.4. The summed E-state index contributed by atoms with van der Waals surface area (Å²) in [5.74, 6) is 4.12. The van der Waals surface area contributed by atoms with Crippen LogP contribution in [0.1, 0.15) is 39.5 Å². The van der Waals surface area contributed by atoms with Crippen molar-refractivity contribution in [1.29, 1.82) is 0 Å². The molecule has 1 atom stereocenters. The van der Waals surface area contributed by atoms with Gasteiger partial charge in [0.25, 0.3) is 0 Å². The van der Waals surface area contributed by atoms with Gasteiger partial charge in [-0.3, -0.25) is 0 Å². The molecule has 0 radical (unpaired) electrons. The van der Waals surface area contributed by atoms with E-state index in [1.807, 2.05) is 0 Å². The van der Waals surface area contributed by atoms with Gasteiger partial charge in [-0.1, -0.05) is 13.8 Å². The summed E-state index contributed by atoms with van der Waals surface area (Å²) in [5.41, 5.74) is 0. The summed E-state index contributed by atoms with van der Waals surface area (Å²) in [5, 5.41) is 6.60. The van der Waals surface area contributed by atoms with Crippen LogP contribution >= 0.6 is 12.2 Å². The predicted molar refractivity (Wildman–Crippen MR) is 109 cm³/mol. The highest BCUT2D eigenvalue weighted by atomic mass is 32.1. The first-order chi connectivity index (χ1) is 12.0. The third-order valence-electron chi connectivity index (χ3n) is 5.24. The van der Waals surface area contributed by atoms with Crippen molar-refractivity contribution in [3.05, 3.63) is 6.07 Å². The normalized spacial score (nSPS) is 22.0. The van der Waals surface area contributed by atoms with Gasteiger partial charge >= 0.3 is 0 Å². The van der Waals surface area contributed by atoms with Gasteiger partial charge in [0.05, 0.1) is 0 Å². The number of hydrogen-bond acceptors (Lipinski definition) is 5. The lowest BCUT2D eigenvalue weighted by molar-refractivity contribution is 0.435. The monoisotopic (exact) mass is 362 g/mol. The van der Waals surface area contributed by atoms with Crippen LogP contribution < -0.4 is 20.4 Å². The first kappa shape index (κ1) is 18.2. The first-order valence-electron chi connectivity index (χ1n) is 9.43. The molecule has 0 bridgehead atoms. The van der Waals surface area contributed by atoms with Crippen molar-refractivity contribution in [3.63, 3.8) is 0 Å². The number of nitrogens with zero attached hydrogens (tertiary/aromatic N) is 4. The van der Waals surface area contributed by atoms with Crippen molar-refractivity contribution in [1.82, 2.24) is 15.3 Å². The average Bonchev–Trinajstić information content (AvgIpc) is 2.62. The topological polar surface area (TPSA) is 56.3 Å². The van der Waals surface area contributed by atoms with Gasteiger partial charge in [0, 0.05) is 39.3 Å². The zero-order valence-electron chi connectivity index (χ0n) is 15.6. The van der Waals surface area contributed by atoms with Gasteiger partial charge < -0.3 is 20.4 Å². The maximum absolute atomic E-state index is 5.24. The Bertz CT molecular complexity index is 599. The van der Waals surface area contributed by atoms with E-state index in [1.165, 1.54) is 25.7 Å². The van der Waals surface area contributed by atoms with Gasteiger partial charge in [0.1, 0.15) is 11.6 Å². The molecule has 1 aromatic heterocycles. The Morgan fingerprint density at radius 2 is 1.72 bits per heavy atom. The van der Waals surface area contributed by atoms with Gasteiger partial charge in [-0.2, -0.15) is 9.97 Å². The quantitative estimate of drug-likeness (QED) is 0.802. The Kier molecular flexibility index (Phi) is 5.93. The lowest BCUT2D eigenvalue weighted by atomic mass is 9.99. The maximum Gasteiger partial charge on any atom is 0.232 e. The summed E-state index contributed by atoms with van der Waals surface area (Å²) >= 11 is 5.24. The molecule has 7 heteroatoms. The second-order valence-electron chi connectivity index (χ2n) is 7.48. The summed E-state index contributed by atoms with van der Waals surface area (Å²) in [4.78, 5) is 14.2. The molecular formula is C18H30N6S. The van der Waals surface area contributed by atoms with Gasteiger partial charge in [-0.25, -0.2) is 0 Å². The highest BCUT2D eigenvalue weighted by Gasteiger charge is 2.22. The lowest BCUT2D eigenvalue weighted by Crippen LogP contribution is -2.37. The standard InChI is InChI=1S/C18H30N6S/c1-13-6-9-23(10-7-13)15-11-16(24-8-4-5-14(2)12-24)21-17(20-15)22-18(25)19-3/h11,13-14H,4-10,12H2,1-3H3,(H2,19,20,21,22,25)/t14-/m1/s1. The predicted octanol–water partition coefficient (Wildman–Crippen LogP) is 2.87. The molecule has 138 valence electrons. The van der Waals surface area contributed by atoms with Crippen molar-refractivity contribution in [3.8, 4) is 0 Å². The number of thiocarbonyl (C=S) groups is 1. The largest absolute Gasteiger partial charge is 0.365 e. The summed E-state index contributed by atoms with van der Waals surface area (Å²) in [7, 11) is 1.80. The van der Waals surface area contributed by atoms with Crippen LogP contribution in [0.15, 0.2) is 6.07 Å². The zero-order chi connectivity index (χ0) is 17.8. The summed E-state index contributed by atoms with van der Waals surface area (Å²) < 4.78 is 0. The van der Waals surface area contributed by atoms with Crippen molar-refractivity contribution in [2.45, 2.75) is 39.5 Å². The van der Waals surface area contributed by atoms with Crippen LogP contribution in [0.25, 0.3) is 0 Å². The van der Waals surface area contributed by atoms with Gasteiger partial charge in [0.15, 0.2) is 5.11 Å². The van der Waals surface area contributed by atoms with E-state index in [4.69, 9.17) is 22.2 Å². The molecule has 2 aliphatic rings. The Labute approximate surface area is 156 Å². The smallest absolute Gasteiger partial charge is 0.232 e. The van der Waals surface area contributed by atoms with Crippen LogP contribution in [-0.2, 0) is 0 Å². The maximum atomic E-state index is 5.24. The molecule has 25 heavy (non-hydrogen) atoms. The van der Waals surface area contributed by atoms with E-state index in [-0.39, 0.29) is 0 Å². The van der Waals surface area contributed by atoms with Crippen LogP contribution in [0.2, 0.25) is 0 Å². The third kappa shape index (κ3) is 4.71. The molecule has 1 aromatic rings. The van der Waals surface area contributed by atoms with E-state index >= 15 is 0 Å². The third-order valence-corrected chi connectivity index (χ3v) is 5.55. The van der Waals surface area contributed by atoms with Crippen LogP contribution in [0, 0.1) is 11.8 Å². The van der Waals surface area contributed by atoms with Crippen LogP contribution in [-0.4, -0.2) is 48.3 Å². The number of rotatable bonds is 3. The number of piperidine rings is 2. The minimum Gasteiger partial charge on any atom is -0.365 e. The molecule has 6 nitrogen and oxygen atoms in total. The molecule has 3 rings (SSSR count). The van der Waals surface area contributed by atoms with E-state index in [0.717, 1.165) is 43.7 Å². The summed E-state index contributed by atoms with van der Waals surface area (Å²) in [6.07, 6.45) is 4.96. The SMILES string of the molecule is CNC(=S)Nc1nc(N2CCC(C)CC2)cc(N2CCC[C@@H](C)C2)n1. The molecule has 0 saturated carbocycles. The van der Waals surface area contributed by atoms with Crippen LogP contribution in [0.4, 0.5) is 17.6 Å². The molecule has 0 unspecified atom stereocenters. The van der Waals surface area contributed by atoms with Gasteiger partial charge in [-0.15, -0.1) is 0 Å². The summed E-state index contributed by atoms with van der Waals surface area (Å²) in [6, 6.07) is 2.15. The second-order valence-corrected chi connectivity index (χ2v) is 7.88. The highest BCUT2D eigenvalue weighted by molar-refractivity contribution is 7.80. The average molecular weight is 363 g/mol. The Morgan fingerprint density at radius 1 is 1.04 bits per heavy atom. The van der Waals surface area contributed by atoms with Crippen molar-refractivity contribution in [2.24, 2.45) is 11.8 Å². The van der Waals surface area contributed by atoms with Crippen molar-refractivity contribution in [2.75, 3.05) is 48.3 Å². The Balaban J connectivity index is 1.86. The summed E-state index contributed by atoms with van der Waals surface area (Å²) in [6.45, 7) is 8.89. The highest BCUT2D eigenvalue weighted by Crippen LogP contribution is 2.28. The number of aromatic nitrogens is 2. The lowest BCUT2D eigenvalue weighted by Gasteiger charge is -2.34. The van der Waals surface area contributed by atoms with E-state index in [1.54, 1.807) is 7.05 Å². The van der Waals surface area contributed by atoms with Crippen LogP contribution in [0.3, 0.4) is 0 Å². The van der Waals surface area contributed by atoms with E-state index < -0.39 is 0 Å². The molecule has 0 aliphatic carbocycles. The van der Waals surface area contributed by atoms with E-state index in [2.05, 4.69) is 40.3 Å². The number of anilines is 3. The van der Waals surface area contributed by atoms with Gasteiger partial charge in [0.2, 0.25) is 5.95 Å². The Hall–Kier alpha value is -1.63. The molecule has 0 aromatic carbocycles. The fraction of sp³-hybridized carbons (Fsp3) is 0.722. The minimum atomic E-state index is 0.544. The Morgan fingerprint density at radius 3 is 2.36 bits per heavy atom. The molecule has 2 aliphatic heterocycles. The minimum absolute atomic E-state index is 0.544. The molecule has 2 N–H and O–H groups in total. The van der Waals surface area contributed by atoms with Crippen molar-refractivity contribution >= 4 is 34.9 Å². The van der Waals surface area contributed by atoms with E-state index in [0.29, 0.717) is 17.0 Å². The molecule has 0 amide bonds. The molecular weight excluding hydrogens is 332 g/mol. The fourth-order valence-corrected chi connectivity index (χ4v) is 3.69. The number of hydrogen-bond donors (Lipinski definition) is 2. The van der Waals surface area contributed by atoms with E-state index in [9.17, 15) is 0 Å². The molecule has 2 saturated heterocycles. The number of nitrogens with one attached hydrogen (secondary N) is 2. The van der Waals surface area contributed by atoms with Crippen molar-refractivity contribution < 1.29 is 0 Å². The van der Waals surface area contributed by atoms with Crippen LogP contribution in [0.5, 0.6) is 0 Å². The first-order valence-corrected chi connectivity index (χ1v) is 9.83. The second kappa shape index (κ2) is 8.17. The molecule has 2 fully saturated rings. The molecule has 3 heterocycles.